The van der Waals surface area contributed by atoms with Crippen LogP contribution < -0.4 is 10.6 Å². The predicted octanol–water partition coefficient (Wildman–Crippen LogP) is 2.33. The Hall–Kier alpha value is -2.02. The summed E-state index contributed by atoms with van der Waals surface area (Å²) in [5, 5.41) is 16.2. The Morgan fingerprint density at radius 1 is 1.26 bits per heavy atom. The third-order valence-corrected chi connectivity index (χ3v) is 3.36. The Balaban J connectivity index is 2.09. The minimum Gasteiger partial charge on any atom is -0.465 e. The van der Waals surface area contributed by atoms with Crippen LogP contribution in [-0.2, 0) is 13.0 Å². The van der Waals surface area contributed by atoms with Crippen LogP contribution in [0.3, 0.4) is 0 Å². The van der Waals surface area contributed by atoms with Gasteiger partial charge in [-0.25, -0.2) is 0 Å². The minimum absolute atomic E-state index is 0.444. The molecule has 0 spiro atoms. The molecule has 0 atom stereocenters. The first kappa shape index (κ1) is 19.0. The van der Waals surface area contributed by atoms with Crippen LogP contribution in [0.15, 0.2) is 28.6 Å². The highest BCUT2D eigenvalue weighted by Crippen LogP contribution is 2.13. The van der Waals surface area contributed by atoms with Crippen molar-refractivity contribution in [1.82, 2.24) is 15.5 Å². The number of aryl methyl sites for hydroxylation is 1. The Labute approximate surface area is 137 Å². The van der Waals surface area contributed by atoms with Crippen molar-refractivity contribution in [3.05, 3.63) is 45.8 Å². The lowest BCUT2D eigenvalue weighted by Crippen LogP contribution is -2.25. The van der Waals surface area contributed by atoms with E-state index in [-0.39, 0.29) is 0 Å². The first-order chi connectivity index (χ1) is 11.0. The summed E-state index contributed by atoms with van der Waals surface area (Å²) < 4.78 is 5.77. The lowest BCUT2D eigenvalue weighted by molar-refractivity contribution is -0.404. The highest BCUT2D eigenvalue weighted by atomic mass is 16.6. The van der Waals surface area contributed by atoms with E-state index in [1.165, 1.54) is 0 Å². The summed E-state index contributed by atoms with van der Waals surface area (Å²) in [6, 6.07) is 4.10. The summed E-state index contributed by atoms with van der Waals surface area (Å²) in [6.07, 6.45) is 6.21. The Morgan fingerprint density at radius 3 is 2.61 bits per heavy atom. The molecular formula is C16H28N4O3. The van der Waals surface area contributed by atoms with Gasteiger partial charge in [-0.05, 0) is 39.1 Å². The van der Waals surface area contributed by atoms with Crippen LogP contribution in [0.5, 0.6) is 0 Å². The maximum Gasteiger partial charge on any atom is 0.274 e. The van der Waals surface area contributed by atoms with Gasteiger partial charge in [-0.15, -0.1) is 0 Å². The maximum atomic E-state index is 10.4. The van der Waals surface area contributed by atoms with Gasteiger partial charge < -0.3 is 20.0 Å². The molecule has 23 heavy (non-hydrogen) atoms. The molecule has 0 aromatic carbocycles. The van der Waals surface area contributed by atoms with Gasteiger partial charge in [0, 0.05) is 20.0 Å². The number of nitrogens with zero attached hydrogens (tertiary/aromatic N) is 2. The number of hydrogen-bond donors (Lipinski definition) is 2. The van der Waals surface area contributed by atoms with Gasteiger partial charge in [-0.2, -0.15) is 0 Å². The van der Waals surface area contributed by atoms with Gasteiger partial charge in [-0.3, -0.25) is 10.1 Å². The molecule has 1 rings (SSSR count). The quantitative estimate of drug-likeness (QED) is 0.349. The van der Waals surface area contributed by atoms with E-state index < -0.39 is 4.92 Å². The number of furan rings is 1. The molecule has 0 aliphatic rings. The zero-order chi connectivity index (χ0) is 17.1. The molecule has 0 unspecified atom stereocenters. The van der Waals surface area contributed by atoms with Crippen molar-refractivity contribution in [1.29, 1.82) is 0 Å². The smallest absolute Gasteiger partial charge is 0.274 e. The number of nitro groups is 1. The second-order valence-corrected chi connectivity index (χ2v) is 5.77. The summed E-state index contributed by atoms with van der Waals surface area (Å²) in [7, 11) is 5.71. The molecule has 1 aromatic heterocycles. The van der Waals surface area contributed by atoms with E-state index in [2.05, 4.69) is 21.6 Å². The number of rotatable bonds is 12. The molecule has 0 aliphatic carbocycles. The molecule has 0 saturated heterocycles. The van der Waals surface area contributed by atoms with Gasteiger partial charge in [0.15, 0.2) is 5.82 Å². The van der Waals surface area contributed by atoms with Crippen molar-refractivity contribution < 1.29 is 9.34 Å². The normalized spacial score (nSPS) is 11.7. The summed E-state index contributed by atoms with van der Waals surface area (Å²) in [5.74, 6) is 2.50. The minimum atomic E-state index is -0.466. The topological polar surface area (TPSA) is 83.6 Å². The van der Waals surface area contributed by atoms with Gasteiger partial charge in [0.25, 0.3) is 6.20 Å². The first-order valence-corrected chi connectivity index (χ1v) is 8.00. The molecule has 0 radical (unpaired) electrons. The highest BCUT2D eigenvalue weighted by Gasteiger charge is 2.03. The molecular weight excluding hydrogens is 296 g/mol. The molecule has 7 heteroatoms. The van der Waals surface area contributed by atoms with Gasteiger partial charge >= 0.3 is 0 Å². The second-order valence-electron chi connectivity index (χ2n) is 5.77. The van der Waals surface area contributed by atoms with Crippen molar-refractivity contribution in [2.24, 2.45) is 0 Å². The maximum absolute atomic E-state index is 10.4. The van der Waals surface area contributed by atoms with Gasteiger partial charge in [0.1, 0.15) is 11.5 Å². The monoisotopic (exact) mass is 324 g/mol. The van der Waals surface area contributed by atoms with E-state index in [9.17, 15) is 10.1 Å². The lowest BCUT2D eigenvalue weighted by atomic mass is 10.1. The van der Waals surface area contributed by atoms with E-state index in [4.69, 9.17) is 4.42 Å². The zero-order valence-electron chi connectivity index (χ0n) is 14.3. The third kappa shape index (κ3) is 8.87. The fourth-order valence-electron chi connectivity index (χ4n) is 2.26. The summed E-state index contributed by atoms with van der Waals surface area (Å²) >= 11 is 0. The fourth-order valence-corrected chi connectivity index (χ4v) is 2.26. The average Bonchev–Trinajstić information content (AvgIpc) is 2.91. The Morgan fingerprint density at radius 2 is 1.96 bits per heavy atom. The van der Waals surface area contributed by atoms with Gasteiger partial charge in [-0.1, -0.05) is 12.8 Å². The molecule has 0 bridgehead atoms. The average molecular weight is 324 g/mol. The molecule has 130 valence electrons. The van der Waals surface area contributed by atoms with Crippen molar-refractivity contribution in [2.75, 3.05) is 27.7 Å². The van der Waals surface area contributed by atoms with Crippen LogP contribution in [-0.4, -0.2) is 37.5 Å². The van der Waals surface area contributed by atoms with Crippen LogP contribution in [0.2, 0.25) is 0 Å². The van der Waals surface area contributed by atoms with E-state index in [0.717, 1.165) is 62.9 Å². The van der Waals surface area contributed by atoms with Crippen molar-refractivity contribution in [2.45, 2.75) is 38.6 Å². The lowest BCUT2D eigenvalue weighted by Gasteiger charge is -2.07. The molecule has 2 N–H and O–H groups in total. The van der Waals surface area contributed by atoms with E-state index >= 15 is 0 Å². The van der Waals surface area contributed by atoms with E-state index in [1.54, 1.807) is 7.05 Å². The largest absolute Gasteiger partial charge is 0.465 e. The molecule has 1 heterocycles. The van der Waals surface area contributed by atoms with Crippen LogP contribution in [0, 0.1) is 10.1 Å². The number of unbranched alkanes of at least 4 members (excludes halogenated alkanes) is 3. The van der Waals surface area contributed by atoms with Crippen molar-refractivity contribution >= 4 is 0 Å². The summed E-state index contributed by atoms with van der Waals surface area (Å²) in [4.78, 5) is 12.0. The molecule has 1 aromatic rings. The third-order valence-electron chi connectivity index (χ3n) is 3.36. The molecule has 0 aliphatic heterocycles. The first-order valence-electron chi connectivity index (χ1n) is 8.00. The number of nitrogens with one attached hydrogen (secondary N) is 2. The highest BCUT2D eigenvalue weighted by molar-refractivity contribution is 5.07. The van der Waals surface area contributed by atoms with E-state index in [0.29, 0.717) is 5.82 Å². The molecule has 0 amide bonds. The van der Waals surface area contributed by atoms with Crippen LogP contribution in [0.4, 0.5) is 0 Å². The number of hydrogen-bond acceptors (Lipinski definition) is 6. The van der Waals surface area contributed by atoms with Crippen LogP contribution >= 0.6 is 0 Å². The van der Waals surface area contributed by atoms with Gasteiger partial charge in [0.05, 0.1) is 11.5 Å². The molecule has 7 nitrogen and oxygen atoms in total. The van der Waals surface area contributed by atoms with Crippen molar-refractivity contribution in [3.8, 4) is 0 Å². The SMILES string of the molecule is CN/C(=C\[N+](=O)[O-])NCCCCCCc1ccc(CN(C)C)o1. The summed E-state index contributed by atoms with van der Waals surface area (Å²) in [6.45, 7) is 1.56. The zero-order valence-corrected chi connectivity index (χ0v) is 14.3. The standard InChI is InChI=1S/C16H28N4O3/c1-17-16(13-20(21)22)18-11-7-5-4-6-8-14-9-10-15(23-14)12-19(2)3/h9-10,13,17-18H,4-8,11-12H2,1-3H3/b16-13+. The Kier molecular flexibility index (Phi) is 8.82. The molecule has 0 fully saturated rings. The van der Waals surface area contributed by atoms with Gasteiger partial charge in [0.2, 0.25) is 0 Å². The molecule has 0 saturated carbocycles. The predicted molar refractivity (Wildman–Crippen MR) is 90.4 cm³/mol. The fraction of sp³-hybridized carbons (Fsp3) is 0.625. The van der Waals surface area contributed by atoms with E-state index in [1.807, 2.05) is 20.2 Å². The van der Waals surface area contributed by atoms with Crippen LogP contribution in [0.1, 0.15) is 37.2 Å². The van der Waals surface area contributed by atoms with Crippen LogP contribution in [0.25, 0.3) is 0 Å². The summed E-state index contributed by atoms with van der Waals surface area (Å²) in [5.41, 5.74) is 0. The Bertz CT molecular complexity index is 497. The second kappa shape index (κ2) is 10.7. The van der Waals surface area contributed by atoms with Crippen molar-refractivity contribution in [3.63, 3.8) is 0 Å².